The van der Waals surface area contributed by atoms with Crippen LogP contribution in [0.1, 0.15) is 6.92 Å². The SMILES string of the molecule is C/C(C=O)=C/Nc1ccccc1. The van der Waals surface area contributed by atoms with Gasteiger partial charge in [0.05, 0.1) is 0 Å². The van der Waals surface area contributed by atoms with Gasteiger partial charge in [0.15, 0.2) is 0 Å². The van der Waals surface area contributed by atoms with Crippen molar-refractivity contribution in [3.63, 3.8) is 0 Å². The highest BCUT2D eigenvalue weighted by molar-refractivity contribution is 5.73. The van der Waals surface area contributed by atoms with Gasteiger partial charge in [0.25, 0.3) is 0 Å². The lowest BCUT2D eigenvalue weighted by Crippen LogP contribution is -1.89. The molecule has 1 aromatic carbocycles. The van der Waals surface area contributed by atoms with Gasteiger partial charge < -0.3 is 5.32 Å². The molecule has 0 heterocycles. The third-order valence-electron chi connectivity index (χ3n) is 1.43. The zero-order valence-corrected chi connectivity index (χ0v) is 6.95. The molecule has 0 radical (unpaired) electrons. The summed E-state index contributed by atoms with van der Waals surface area (Å²) in [7, 11) is 0. The summed E-state index contributed by atoms with van der Waals surface area (Å²) in [5.41, 5.74) is 1.66. The predicted octanol–water partition coefficient (Wildman–Crippen LogP) is 2.20. The topological polar surface area (TPSA) is 29.1 Å². The maximum atomic E-state index is 10.2. The summed E-state index contributed by atoms with van der Waals surface area (Å²) in [6.07, 6.45) is 2.50. The molecule has 1 rings (SSSR count). The first-order valence-electron chi connectivity index (χ1n) is 3.76. The summed E-state index contributed by atoms with van der Waals surface area (Å²) < 4.78 is 0. The van der Waals surface area contributed by atoms with E-state index in [0.717, 1.165) is 12.0 Å². The number of rotatable bonds is 3. The van der Waals surface area contributed by atoms with E-state index in [4.69, 9.17) is 0 Å². The van der Waals surface area contributed by atoms with E-state index in [0.29, 0.717) is 5.57 Å². The standard InChI is InChI=1S/C10H11NO/c1-9(8-12)7-11-10-5-3-2-4-6-10/h2-8,11H,1H3/b9-7-. The van der Waals surface area contributed by atoms with Gasteiger partial charge >= 0.3 is 0 Å². The highest BCUT2D eigenvalue weighted by atomic mass is 16.1. The number of anilines is 1. The van der Waals surface area contributed by atoms with Crippen molar-refractivity contribution in [2.75, 3.05) is 5.32 Å². The number of carbonyl (C=O) groups excluding carboxylic acids is 1. The van der Waals surface area contributed by atoms with Crippen molar-refractivity contribution in [3.05, 3.63) is 42.1 Å². The van der Waals surface area contributed by atoms with Crippen LogP contribution >= 0.6 is 0 Å². The number of hydrogen-bond acceptors (Lipinski definition) is 2. The van der Waals surface area contributed by atoms with Crippen LogP contribution < -0.4 is 5.32 Å². The fraction of sp³-hybridized carbons (Fsp3) is 0.100. The average molecular weight is 161 g/mol. The Labute approximate surface area is 71.9 Å². The molecule has 0 aliphatic heterocycles. The number of para-hydroxylation sites is 1. The van der Waals surface area contributed by atoms with Gasteiger partial charge in [0.2, 0.25) is 0 Å². The molecular formula is C10H11NO. The second-order valence-electron chi connectivity index (χ2n) is 2.52. The van der Waals surface area contributed by atoms with Crippen LogP contribution in [0.4, 0.5) is 5.69 Å². The number of nitrogens with one attached hydrogen (secondary N) is 1. The lowest BCUT2D eigenvalue weighted by molar-refractivity contribution is -0.104. The lowest BCUT2D eigenvalue weighted by atomic mass is 10.3. The minimum Gasteiger partial charge on any atom is -0.361 e. The molecule has 0 bridgehead atoms. The third-order valence-corrected chi connectivity index (χ3v) is 1.43. The maximum absolute atomic E-state index is 10.2. The van der Waals surface area contributed by atoms with Crippen molar-refractivity contribution in [1.29, 1.82) is 0 Å². The summed E-state index contributed by atoms with van der Waals surface area (Å²) in [5, 5.41) is 3.00. The average Bonchev–Trinajstić information content (AvgIpc) is 2.16. The summed E-state index contributed by atoms with van der Waals surface area (Å²) in [6, 6.07) is 9.70. The molecular weight excluding hydrogens is 150 g/mol. The van der Waals surface area contributed by atoms with Crippen molar-refractivity contribution in [1.82, 2.24) is 0 Å². The molecule has 0 amide bonds. The molecule has 0 fully saturated rings. The smallest absolute Gasteiger partial charge is 0.147 e. The van der Waals surface area contributed by atoms with Gasteiger partial charge in [-0.05, 0) is 19.1 Å². The van der Waals surface area contributed by atoms with E-state index < -0.39 is 0 Å². The van der Waals surface area contributed by atoms with Crippen LogP contribution in [0.15, 0.2) is 42.1 Å². The number of benzene rings is 1. The van der Waals surface area contributed by atoms with Gasteiger partial charge in [-0.1, -0.05) is 18.2 Å². The van der Waals surface area contributed by atoms with E-state index >= 15 is 0 Å². The molecule has 0 unspecified atom stereocenters. The Kier molecular flexibility index (Phi) is 3.08. The van der Waals surface area contributed by atoms with Crippen LogP contribution in [0, 0.1) is 0 Å². The molecule has 1 aromatic rings. The Morgan fingerprint density at radius 1 is 1.33 bits per heavy atom. The fourth-order valence-electron chi connectivity index (χ4n) is 0.766. The molecule has 62 valence electrons. The first-order valence-corrected chi connectivity index (χ1v) is 3.76. The molecule has 0 saturated carbocycles. The van der Waals surface area contributed by atoms with Crippen molar-refractivity contribution >= 4 is 12.0 Å². The second-order valence-corrected chi connectivity index (χ2v) is 2.52. The molecule has 0 aliphatic rings. The van der Waals surface area contributed by atoms with Gasteiger partial charge in [-0.25, -0.2) is 0 Å². The largest absolute Gasteiger partial charge is 0.361 e. The van der Waals surface area contributed by atoms with E-state index in [-0.39, 0.29) is 0 Å². The van der Waals surface area contributed by atoms with Gasteiger partial charge in [-0.3, -0.25) is 4.79 Å². The Bertz CT molecular complexity index is 277. The monoisotopic (exact) mass is 161 g/mol. The Hall–Kier alpha value is -1.57. The molecule has 0 aromatic heterocycles. The molecule has 1 N–H and O–H groups in total. The summed E-state index contributed by atoms with van der Waals surface area (Å²) in [6.45, 7) is 1.75. The van der Waals surface area contributed by atoms with Crippen LogP contribution in [0.2, 0.25) is 0 Å². The van der Waals surface area contributed by atoms with Crippen molar-refractivity contribution < 1.29 is 4.79 Å². The second kappa shape index (κ2) is 4.34. The molecule has 0 atom stereocenters. The normalized spacial score (nSPS) is 10.9. The van der Waals surface area contributed by atoms with Crippen LogP contribution in [0.5, 0.6) is 0 Å². The van der Waals surface area contributed by atoms with Crippen LogP contribution in [0.25, 0.3) is 0 Å². The first kappa shape index (κ1) is 8.53. The molecule has 12 heavy (non-hydrogen) atoms. The number of hydrogen-bond donors (Lipinski definition) is 1. The lowest BCUT2D eigenvalue weighted by Gasteiger charge is -1.98. The van der Waals surface area contributed by atoms with Crippen molar-refractivity contribution in [2.24, 2.45) is 0 Å². The van der Waals surface area contributed by atoms with E-state index in [1.807, 2.05) is 30.3 Å². The Morgan fingerprint density at radius 2 is 2.00 bits per heavy atom. The summed E-state index contributed by atoms with van der Waals surface area (Å²) in [4.78, 5) is 10.2. The minimum atomic E-state index is 0.679. The first-order chi connectivity index (χ1) is 5.83. The zero-order valence-electron chi connectivity index (χ0n) is 6.95. The molecule has 0 saturated heterocycles. The fourth-order valence-corrected chi connectivity index (χ4v) is 0.766. The number of aldehydes is 1. The molecule has 2 nitrogen and oxygen atoms in total. The molecule has 2 heteroatoms. The van der Waals surface area contributed by atoms with E-state index in [1.54, 1.807) is 13.1 Å². The summed E-state index contributed by atoms with van der Waals surface area (Å²) >= 11 is 0. The quantitative estimate of drug-likeness (QED) is 0.544. The number of allylic oxidation sites excluding steroid dienone is 1. The van der Waals surface area contributed by atoms with Crippen LogP contribution in [-0.2, 0) is 4.79 Å². The van der Waals surface area contributed by atoms with Gasteiger partial charge in [0, 0.05) is 17.5 Å². The van der Waals surface area contributed by atoms with Crippen LogP contribution in [-0.4, -0.2) is 6.29 Å². The van der Waals surface area contributed by atoms with Crippen molar-refractivity contribution in [3.8, 4) is 0 Å². The highest BCUT2D eigenvalue weighted by Crippen LogP contribution is 2.04. The molecule has 0 aliphatic carbocycles. The minimum absolute atomic E-state index is 0.679. The highest BCUT2D eigenvalue weighted by Gasteiger charge is 1.85. The zero-order chi connectivity index (χ0) is 8.81. The van der Waals surface area contributed by atoms with Gasteiger partial charge in [-0.2, -0.15) is 0 Å². The Balaban J connectivity index is 2.60. The summed E-state index contributed by atoms with van der Waals surface area (Å²) in [5.74, 6) is 0. The van der Waals surface area contributed by atoms with Gasteiger partial charge in [-0.15, -0.1) is 0 Å². The van der Waals surface area contributed by atoms with E-state index in [1.165, 1.54) is 0 Å². The third kappa shape index (κ3) is 2.58. The van der Waals surface area contributed by atoms with Gasteiger partial charge in [0.1, 0.15) is 6.29 Å². The van der Waals surface area contributed by atoms with Crippen LogP contribution in [0.3, 0.4) is 0 Å². The maximum Gasteiger partial charge on any atom is 0.147 e. The number of carbonyl (C=O) groups is 1. The predicted molar refractivity (Wildman–Crippen MR) is 49.9 cm³/mol. The van der Waals surface area contributed by atoms with E-state index in [9.17, 15) is 4.79 Å². The van der Waals surface area contributed by atoms with Crippen molar-refractivity contribution in [2.45, 2.75) is 6.92 Å². The molecule has 0 spiro atoms. The Morgan fingerprint density at radius 3 is 2.58 bits per heavy atom. The van der Waals surface area contributed by atoms with E-state index in [2.05, 4.69) is 5.32 Å².